The first kappa shape index (κ1) is 33.3. The molecule has 1 aliphatic heterocycles. The lowest BCUT2D eigenvalue weighted by Gasteiger charge is -2.34. The van der Waals surface area contributed by atoms with E-state index < -0.39 is 0 Å². The highest BCUT2D eigenvalue weighted by atomic mass is 16.5. The van der Waals surface area contributed by atoms with Gasteiger partial charge in [0.15, 0.2) is 11.6 Å². The number of hydrogen-bond acceptors (Lipinski definition) is 13. The fourth-order valence-corrected chi connectivity index (χ4v) is 5.91. The number of anilines is 4. The number of ether oxygens (including phenoxy) is 5. The normalized spacial score (nSPS) is 16.4. The molecule has 43 heavy (non-hydrogen) atoms. The first-order valence-electron chi connectivity index (χ1n) is 15.6. The van der Waals surface area contributed by atoms with E-state index in [9.17, 15) is 0 Å². The first-order chi connectivity index (χ1) is 21.0. The third kappa shape index (κ3) is 8.53. The van der Waals surface area contributed by atoms with Crippen molar-refractivity contribution in [2.45, 2.75) is 50.7 Å². The molecule has 2 fully saturated rings. The molecule has 1 saturated heterocycles. The Morgan fingerprint density at radius 3 is 1.63 bits per heavy atom. The van der Waals surface area contributed by atoms with Gasteiger partial charge in [0.1, 0.15) is 11.0 Å². The molecule has 13 heteroatoms. The summed E-state index contributed by atoms with van der Waals surface area (Å²) in [7, 11) is 10.8. The Morgan fingerprint density at radius 2 is 1.14 bits per heavy atom. The fraction of sp³-hybridized carbons (Fsp3) is 0.800. The van der Waals surface area contributed by atoms with Gasteiger partial charge in [-0.25, -0.2) is 9.97 Å². The summed E-state index contributed by atoms with van der Waals surface area (Å²) in [6.07, 6.45) is 6.82. The predicted molar refractivity (Wildman–Crippen MR) is 170 cm³/mol. The molecule has 0 atom stereocenters. The van der Waals surface area contributed by atoms with Gasteiger partial charge in [-0.15, -0.1) is 0 Å². The molecule has 2 aromatic heterocycles. The van der Waals surface area contributed by atoms with E-state index in [1.54, 1.807) is 35.5 Å². The van der Waals surface area contributed by atoms with E-state index in [2.05, 4.69) is 26.6 Å². The van der Waals surface area contributed by atoms with Gasteiger partial charge in [0.2, 0.25) is 11.9 Å². The minimum atomic E-state index is 0.247. The minimum absolute atomic E-state index is 0.247. The van der Waals surface area contributed by atoms with E-state index in [4.69, 9.17) is 43.6 Å². The third-order valence-electron chi connectivity index (χ3n) is 8.59. The Kier molecular flexibility index (Phi) is 13.2. The fourth-order valence-electron chi connectivity index (χ4n) is 5.91. The van der Waals surface area contributed by atoms with E-state index in [0.29, 0.717) is 70.5 Å². The van der Waals surface area contributed by atoms with Crippen molar-refractivity contribution >= 4 is 34.6 Å². The summed E-state index contributed by atoms with van der Waals surface area (Å²) >= 11 is 0. The Bertz CT molecular complexity index is 1100. The molecule has 13 nitrogen and oxygen atoms in total. The second kappa shape index (κ2) is 17.0. The second-order valence-electron chi connectivity index (χ2n) is 11.3. The molecule has 3 heterocycles. The van der Waals surface area contributed by atoms with E-state index >= 15 is 0 Å². The number of methoxy groups -OCH3 is 5. The summed E-state index contributed by atoms with van der Waals surface area (Å²) in [5.74, 6) is 2.94. The average Bonchev–Trinajstić information content (AvgIpc) is 3.59. The molecule has 0 unspecified atom stereocenters. The van der Waals surface area contributed by atoms with Gasteiger partial charge in [0.25, 0.3) is 0 Å². The van der Waals surface area contributed by atoms with Gasteiger partial charge in [-0.1, -0.05) is 12.8 Å². The molecule has 242 valence electrons. The van der Waals surface area contributed by atoms with Crippen molar-refractivity contribution in [1.82, 2.24) is 19.9 Å². The monoisotopic (exact) mass is 604 g/mol. The summed E-state index contributed by atoms with van der Waals surface area (Å²) in [6, 6.07) is 0.398. The van der Waals surface area contributed by atoms with E-state index in [1.165, 1.54) is 12.8 Å². The van der Waals surface area contributed by atoms with Crippen molar-refractivity contribution in [3.8, 4) is 0 Å². The zero-order valence-corrected chi connectivity index (χ0v) is 27.1. The number of piperidine rings is 1. The molecule has 0 N–H and O–H groups in total. The number of aromatic nitrogens is 4. The molecule has 0 aromatic carbocycles. The largest absolute Gasteiger partial charge is 0.383 e. The number of hydrogen-bond donors (Lipinski definition) is 0. The van der Waals surface area contributed by atoms with Gasteiger partial charge in [-0.05, 0) is 25.7 Å². The smallest absolute Gasteiger partial charge is 0.228 e. The first-order valence-corrected chi connectivity index (χ1v) is 15.6. The highest BCUT2D eigenvalue weighted by Gasteiger charge is 2.30. The predicted octanol–water partition coefficient (Wildman–Crippen LogP) is 2.61. The van der Waals surface area contributed by atoms with Crippen molar-refractivity contribution < 1.29 is 23.7 Å². The molecule has 2 aliphatic rings. The molecular weight excluding hydrogens is 552 g/mol. The van der Waals surface area contributed by atoms with Gasteiger partial charge in [0, 0.05) is 87.9 Å². The highest BCUT2D eigenvalue weighted by molar-refractivity contribution is 5.95. The molecule has 1 aliphatic carbocycles. The molecular formula is C30H52N8O5. The van der Waals surface area contributed by atoms with Crippen LogP contribution < -0.4 is 19.6 Å². The van der Waals surface area contributed by atoms with Crippen LogP contribution in [0.15, 0.2) is 0 Å². The van der Waals surface area contributed by atoms with Crippen LogP contribution in [0.3, 0.4) is 0 Å². The van der Waals surface area contributed by atoms with Gasteiger partial charge < -0.3 is 43.3 Å². The maximum atomic E-state index is 5.69. The third-order valence-corrected chi connectivity index (χ3v) is 8.59. The van der Waals surface area contributed by atoms with E-state index in [1.807, 2.05) is 0 Å². The lowest BCUT2D eigenvalue weighted by Crippen LogP contribution is -2.39. The Hall–Kier alpha value is -2.58. The number of rotatable bonds is 18. The van der Waals surface area contributed by atoms with Gasteiger partial charge in [-0.3, -0.25) is 0 Å². The molecule has 4 rings (SSSR count). The maximum absolute atomic E-state index is 5.69. The zero-order chi connectivity index (χ0) is 30.6. The Labute approximate surface area is 256 Å². The minimum Gasteiger partial charge on any atom is -0.383 e. The van der Waals surface area contributed by atoms with Crippen molar-refractivity contribution in [3.63, 3.8) is 0 Å². The van der Waals surface area contributed by atoms with Gasteiger partial charge >= 0.3 is 0 Å². The van der Waals surface area contributed by atoms with E-state index in [0.717, 1.165) is 61.4 Å². The summed E-state index contributed by atoms with van der Waals surface area (Å²) in [5.41, 5.74) is 1.54. The Morgan fingerprint density at radius 1 is 0.651 bits per heavy atom. The average molecular weight is 605 g/mol. The van der Waals surface area contributed by atoms with Crippen LogP contribution in [-0.2, 0) is 23.7 Å². The molecule has 0 spiro atoms. The quantitative estimate of drug-likeness (QED) is 0.249. The highest BCUT2D eigenvalue weighted by Crippen LogP contribution is 2.36. The Balaban J connectivity index is 1.91. The summed E-state index contributed by atoms with van der Waals surface area (Å²) in [6.45, 7) is 6.45. The van der Waals surface area contributed by atoms with Crippen LogP contribution in [0.2, 0.25) is 0 Å². The standard InChI is InChI=1S/C30H52N8O5/c1-35(23-9-7-8-10-23)27-25-26(32-29(33-27)37(15-19-39-2)16-20-40-3)28(36-13-11-24(43-6)12-14-36)34-30(31-25)38(17-21-41-4)18-22-42-5/h23-24H,7-22H2,1-6H3. The topological polar surface area (TPSA) is 111 Å². The van der Waals surface area contributed by atoms with Crippen LogP contribution in [0.25, 0.3) is 11.0 Å². The molecule has 0 bridgehead atoms. The van der Waals surface area contributed by atoms with Gasteiger partial charge in [-0.2, -0.15) is 9.97 Å². The van der Waals surface area contributed by atoms with Gasteiger partial charge in [0.05, 0.1) is 32.5 Å². The summed E-state index contributed by atoms with van der Waals surface area (Å²) in [5, 5.41) is 0. The molecule has 0 radical (unpaired) electrons. The van der Waals surface area contributed by atoms with Crippen molar-refractivity contribution in [3.05, 3.63) is 0 Å². The number of nitrogens with zero attached hydrogens (tertiary/aromatic N) is 8. The van der Waals surface area contributed by atoms with Crippen LogP contribution in [-0.4, -0.2) is 140 Å². The zero-order valence-electron chi connectivity index (χ0n) is 27.1. The lowest BCUT2D eigenvalue weighted by molar-refractivity contribution is 0.0818. The number of fused-ring (bicyclic) bond motifs is 1. The molecule has 1 saturated carbocycles. The van der Waals surface area contributed by atoms with Crippen LogP contribution in [0.5, 0.6) is 0 Å². The summed E-state index contributed by atoms with van der Waals surface area (Å²) in [4.78, 5) is 29.8. The van der Waals surface area contributed by atoms with Crippen molar-refractivity contribution in [2.75, 3.05) is 128 Å². The van der Waals surface area contributed by atoms with Crippen molar-refractivity contribution in [1.29, 1.82) is 0 Å². The van der Waals surface area contributed by atoms with Crippen LogP contribution in [0, 0.1) is 0 Å². The SMILES string of the molecule is COCCN(CCOC)c1nc(N(C)C2CCCC2)c2nc(N(CCOC)CCOC)nc(N3CCC(OC)CC3)c2n1. The van der Waals surface area contributed by atoms with E-state index in [-0.39, 0.29) is 6.10 Å². The molecule has 2 aromatic rings. The summed E-state index contributed by atoms with van der Waals surface area (Å²) < 4.78 is 27.5. The second-order valence-corrected chi connectivity index (χ2v) is 11.3. The van der Waals surface area contributed by atoms with Crippen LogP contribution >= 0.6 is 0 Å². The van der Waals surface area contributed by atoms with Crippen LogP contribution in [0.4, 0.5) is 23.5 Å². The van der Waals surface area contributed by atoms with Crippen molar-refractivity contribution in [2.24, 2.45) is 0 Å². The molecule has 0 amide bonds. The maximum Gasteiger partial charge on any atom is 0.228 e. The van der Waals surface area contributed by atoms with Crippen LogP contribution in [0.1, 0.15) is 38.5 Å². The lowest BCUT2D eigenvalue weighted by atomic mass is 10.1.